The van der Waals surface area contributed by atoms with Crippen molar-refractivity contribution < 1.29 is 9.90 Å². The predicted octanol–water partition coefficient (Wildman–Crippen LogP) is 1.45. The Bertz CT molecular complexity index is 344. The van der Waals surface area contributed by atoms with Crippen molar-refractivity contribution in [3.63, 3.8) is 0 Å². The molecule has 5 heteroatoms. The van der Waals surface area contributed by atoms with Gasteiger partial charge in [0.25, 0.3) is 0 Å². The van der Waals surface area contributed by atoms with Gasteiger partial charge in [0.1, 0.15) is 0 Å². The zero-order chi connectivity index (χ0) is 12.7. The third kappa shape index (κ3) is 6.28. The van der Waals surface area contributed by atoms with Gasteiger partial charge in [0.05, 0.1) is 11.9 Å². The maximum atomic E-state index is 11.6. The minimum Gasteiger partial charge on any atom is -0.393 e. The number of pyridine rings is 1. The molecule has 1 amide bonds. The first-order valence-electron chi connectivity index (χ1n) is 5.58. The van der Waals surface area contributed by atoms with E-state index in [2.05, 4.69) is 10.3 Å². The van der Waals surface area contributed by atoms with Crippen molar-refractivity contribution in [2.75, 3.05) is 5.75 Å². The molecule has 4 nitrogen and oxygen atoms in total. The Kier molecular flexibility index (Phi) is 6.00. The fourth-order valence-electron chi connectivity index (χ4n) is 1.47. The highest BCUT2D eigenvalue weighted by atomic mass is 32.2. The normalized spacial score (nSPS) is 14.1. The second-order valence-corrected chi connectivity index (χ2v) is 5.07. The van der Waals surface area contributed by atoms with Crippen LogP contribution in [0.3, 0.4) is 0 Å². The van der Waals surface area contributed by atoms with E-state index >= 15 is 0 Å². The maximum Gasteiger partial charge on any atom is 0.230 e. The third-order valence-electron chi connectivity index (χ3n) is 2.12. The number of nitrogens with zero attached hydrogens (tertiary/aromatic N) is 1. The Hall–Kier alpha value is -1.07. The fraction of sp³-hybridized carbons (Fsp3) is 0.500. The van der Waals surface area contributed by atoms with Gasteiger partial charge in [-0.2, -0.15) is 0 Å². The summed E-state index contributed by atoms with van der Waals surface area (Å²) in [6.45, 7) is 3.61. The third-order valence-corrected chi connectivity index (χ3v) is 3.13. The zero-order valence-electron chi connectivity index (χ0n) is 10.1. The van der Waals surface area contributed by atoms with Crippen molar-refractivity contribution in [2.24, 2.45) is 0 Å². The van der Waals surface area contributed by atoms with Gasteiger partial charge in [-0.1, -0.05) is 0 Å². The summed E-state index contributed by atoms with van der Waals surface area (Å²) in [6.07, 6.45) is 3.59. The van der Waals surface area contributed by atoms with Crippen molar-refractivity contribution >= 4 is 17.7 Å². The number of carbonyl (C=O) groups excluding carboxylic acids is 1. The van der Waals surface area contributed by atoms with E-state index in [9.17, 15) is 9.90 Å². The first-order valence-corrected chi connectivity index (χ1v) is 6.56. The van der Waals surface area contributed by atoms with Gasteiger partial charge >= 0.3 is 0 Å². The van der Waals surface area contributed by atoms with Crippen LogP contribution in [0.2, 0.25) is 0 Å². The van der Waals surface area contributed by atoms with Gasteiger partial charge in [0, 0.05) is 23.3 Å². The Labute approximate surface area is 106 Å². The summed E-state index contributed by atoms with van der Waals surface area (Å²) in [5, 5.41) is 12.0. The molecule has 0 fully saturated rings. The first-order chi connectivity index (χ1) is 8.08. The van der Waals surface area contributed by atoms with E-state index in [1.165, 1.54) is 11.8 Å². The number of aliphatic hydroxyl groups excluding tert-OH is 1. The van der Waals surface area contributed by atoms with Crippen molar-refractivity contribution in [2.45, 2.75) is 37.3 Å². The average molecular weight is 254 g/mol. The van der Waals surface area contributed by atoms with Gasteiger partial charge in [0.15, 0.2) is 0 Å². The summed E-state index contributed by atoms with van der Waals surface area (Å²) in [5.74, 6) is 0.369. The van der Waals surface area contributed by atoms with Gasteiger partial charge < -0.3 is 10.4 Å². The molecule has 0 aliphatic rings. The van der Waals surface area contributed by atoms with E-state index < -0.39 is 6.10 Å². The van der Waals surface area contributed by atoms with E-state index in [0.29, 0.717) is 12.2 Å². The van der Waals surface area contributed by atoms with Gasteiger partial charge in [-0.25, -0.2) is 0 Å². The Morgan fingerprint density at radius 1 is 1.47 bits per heavy atom. The summed E-state index contributed by atoms with van der Waals surface area (Å²) in [4.78, 5) is 16.5. The summed E-state index contributed by atoms with van der Waals surface area (Å²) >= 11 is 1.47. The Balaban J connectivity index is 2.26. The summed E-state index contributed by atoms with van der Waals surface area (Å²) in [5.41, 5.74) is 0. The molecule has 0 aliphatic heterocycles. The van der Waals surface area contributed by atoms with Crippen LogP contribution in [0.25, 0.3) is 0 Å². The monoisotopic (exact) mass is 254 g/mol. The van der Waals surface area contributed by atoms with Gasteiger partial charge in [-0.3, -0.25) is 9.78 Å². The van der Waals surface area contributed by atoms with Crippen LogP contribution < -0.4 is 5.32 Å². The lowest BCUT2D eigenvalue weighted by Gasteiger charge is -2.15. The van der Waals surface area contributed by atoms with E-state index in [0.717, 1.165) is 4.90 Å². The molecule has 1 aromatic heterocycles. The number of amides is 1. The predicted molar refractivity (Wildman–Crippen MR) is 68.9 cm³/mol. The Morgan fingerprint density at radius 2 is 2.12 bits per heavy atom. The second kappa shape index (κ2) is 7.29. The topological polar surface area (TPSA) is 62.2 Å². The van der Waals surface area contributed by atoms with E-state index in [4.69, 9.17) is 0 Å². The highest BCUT2D eigenvalue weighted by Gasteiger charge is 2.09. The van der Waals surface area contributed by atoms with E-state index in [1.54, 1.807) is 19.3 Å². The van der Waals surface area contributed by atoms with Crippen LogP contribution in [0.1, 0.15) is 20.3 Å². The van der Waals surface area contributed by atoms with Crippen LogP contribution in [0.4, 0.5) is 0 Å². The number of thioether (sulfide) groups is 1. The molecule has 0 aliphatic carbocycles. The quantitative estimate of drug-likeness (QED) is 0.754. The first kappa shape index (κ1) is 14.0. The van der Waals surface area contributed by atoms with Crippen LogP contribution in [-0.4, -0.2) is 33.9 Å². The lowest BCUT2D eigenvalue weighted by Crippen LogP contribution is -2.35. The van der Waals surface area contributed by atoms with Crippen LogP contribution in [-0.2, 0) is 4.79 Å². The molecule has 0 saturated heterocycles. The number of aromatic nitrogens is 1. The largest absolute Gasteiger partial charge is 0.393 e. The van der Waals surface area contributed by atoms with E-state index in [-0.39, 0.29) is 11.9 Å². The van der Waals surface area contributed by atoms with Crippen molar-refractivity contribution in [1.82, 2.24) is 10.3 Å². The molecule has 1 aromatic rings. The summed E-state index contributed by atoms with van der Waals surface area (Å²) in [6, 6.07) is 3.74. The molecular weight excluding hydrogens is 236 g/mol. The number of nitrogens with one attached hydrogen (secondary N) is 1. The zero-order valence-corrected chi connectivity index (χ0v) is 10.9. The number of hydrogen-bond donors (Lipinski definition) is 2. The van der Waals surface area contributed by atoms with Crippen molar-refractivity contribution in [1.29, 1.82) is 0 Å². The molecular formula is C12H18N2O2S. The van der Waals surface area contributed by atoms with Gasteiger partial charge in [0.2, 0.25) is 5.91 Å². The second-order valence-electron chi connectivity index (χ2n) is 4.02. The molecule has 1 rings (SSSR count). The standard InChI is InChI=1S/C12H18N2O2S/c1-9(7-10(2)15)14-12(16)8-17-11-3-5-13-6-4-11/h3-6,9-10,15H,7-8H2,1-2H3,(H,14,16). The molecule has 0 aromatic carbocycles. The minimum atomic E-state index is -0.391. The van der Waals surface area contributed by atoms with Crippen LogP contribution in [0, 0.1) is 0 Å². The van der Waals surface area contributed by atoms with Gasteiger partial charge in [-0.15, -0.1) is 11.8 Å². The minimum absolute atomic E-state index is 0.000500. The van der Waals surface area contributed by atoms with Crippen molar-refractivity contribution in [3.8, 4) is 0 Å². The van der Waals surface area contributed by atoms with Crippen LogP contribution >= 0.6 is 11.8 Å². The summed E-state index contributed by atoms with van der Waals surface area (Å²) < 4.78 is 0. The molecule has 1 heterocycles. The highest BCUT2D eigenvalue weighted by Crippen LogP contribution is 2.15. The number of rotatable bonds is 6. The number of aliphatic hydroxyl groups is 1. The van der Waals surface area contributed by atoms with E-state index in [1.807, 2.05) is 19.1 Å². The van der Waals surface area contributed by atoms with Crippen LogP contribution in [0.15, 0.2) is 29.4 Å². The number of carbonyl (C=O) groups is 1. The van der Waals surface area contributed by atoms with Gasteiger partial charge in [-0.05, 0) is 32.4 Å². The summed E-state index contributed by atoms with van der Waals surface area (Å²) in [7, 11) is 0. The molecule has 0 spiro atoms. The smallest absolute Gasteiger partial charge is 0.230 e. The van der Waals surface area contributed by atoms with Crippen LogP contribution in [0.5, 0.6) is 0 Å². The highest BCUT2D eigenvalue weighted by molar-refractivity contribution is 8.00. The molecule has 0 radical (unpaired) electrons. The fourth-order valence-corrected chi connectivity index (χ4v) is 2.17. The SMILES string of the molecule is CC(O)CC(C)NC(=O)CSc1ccncc1. The number of hydrogen-bond acceptors (Lipinski definition) is 4. The maximum absolute atomic E-state index is 11.6. The molecule has 2 unspecified atom stereocenters. The molecule has 17 heavy (non-hydrogen) atoms. The van der Waals surface area contributed by atoms with Crippen molar-refractivity contribution in [3.05, 3.63) is 24.5 Å². The lowest BCUT2D eigenvalue weighted by molar-refractivity contribution is -0.119. The molecule has 0 bridgehead atoms. The lowest BCUT2D eigenvalue weighted by atomic mass is 10.1. The average Bonchev–Trinajstić information content (AvgIpc) is 2.26. The molecule has 2 atom stereocenters. The molecule has 0 saturated carbocycles. The molecule has 2 N–H and O–H groups in total. The Morgan fingerprint density at radius 3 is 2.71 bits per heavy atom. The molecule has 94 valence electrons.